The molecule has 1 N–H and O–H groups in total. The van der Waals surface area contributed by atoms with Crippen LogP contribution in [-0.4, -0.2) is 40.5 Å². The number of benzene rings is 2. The Morgan fingerprint density at radius 3 is 2.66 bits per heavy atom. The average molecular weight is 476 g/mol. The second kappa shape index (κ2) is 10.3. The van der Waals surface area contributed by atoms with Gasteiger partial charge in [0.25, 0.3) is 0 Å². The summed E-state index contributed by atoms with van der Waals surface area (Å²) in [5.41, 5.74) is 2.69. The van der Waals surface area contributed by atoms with Gasteiger partial charge in [0.05, 0.1) is 17.8 Å². The summed E-state index contributed by atoms with van der Waals surface area (Å²) in [6.07, 6.45) is 2.79. The topological polar surface area (TPSA) is 70.6 Å². The van der Waals surface area contributed by atoms with Gasteiger partial charge in [0.1, 0.15) is 11.6 Å². The smallest absolute Gasteiger partial charge is 0.317 e. The number of hydrogen-bond acceptors (Lipinski definition) is 5. The first-order valence-corrected chi connectivity index (χ1v) is 12.2. The Hall–Kier alpha value is -3.68. The van der Waals surface area contributed by atoms with Gasteiger partial charge in [-0.3, -0.25) is 0 Å². The van der Waals surface area contributed by atoms with E-state index in [1.54, 1.807) is 17.0 Å². The van der Waals surface area contributed by atoms with E-state index in [1.165, 1.54) is 12.1 Å². The molecule has 0 bridgehead atoms. The van der Waals surface area contributed by atoms with Crippen molar-refractivity contribution in [3.63, 3.8) is 0 Å². The Kier molecular flexibility index (Phi) is 6.79. The van der Waals surface area contributed by atoms with Crippen LogP contribution in [-0.2, 0) is 19.5 Å². The Morgan fingerprint density at radius 2 is 1.89 bits per heavy atom. The van der Waals surface area contributed by atoms with Crippen LogP contribution in [0.3, 0.4) is 0 Å². The molecule has 0 saturated carbocycles. The molecule has 2 amide bonds. The molecule has 2 aliphatic heterocycles. The van der Waals surface area contributed by atoms with E-state index >= 15 is 0 Å². The molecule has 1 fully saturated rings. The van der Waals surface area contributed by atoms with Gasteiger partial charge in [0.2, 0.25) is 11.8 Å². The second-order valence-electron chi connectivity index (χ2n) is 9.30. The maximum Gasteiger partial charge on any atom is 0.317 e. The lowest BCUT2D eigenvalue weighted by molar-refractivity contribution is 0.190. The lowest BCUT2D eigenvalue weighted by Gasteiger charge is -2.33. The molecule has 5 rings (SSSR count). The summed E-state index contributed by atoms with van der Waals surface area (Å²) >= 11 is 0. The van der Waals surface area contributed by atoms with E-state index in [4.69, 9.17) is 14.7 Å². The summed E-state index contributed by atoms with van der Waals surface area (Å²) < 4.78 is 19.9. The molecular weight excluding hydrogens is 445 g/mol. The number of aromatic nitrogens is 2. The average Bonchev–Trinajstić information content (AvgIpc) is 2.88. The van der Waals surface area contributed by atoms with Crippen molar-refractivity contribution < 1.29 is 13.9 Å². The number of rotatable bonds is 5. The van der Waals surface area contributed by atoms with E-state index in [-0.39, 0.29) is 11.8 Å². The molecule has 1 aromatic heterocycles. The van der Waals surface area contributed by atoms with Crippen LogP contribution in [0.5, 0.6) is 11.6 Å². The number of nitrogens with zero attached hydrogens (tertiary/aromatic N) is 4. The molecule has 2 aromatic carbocycles. The minimum absolute atomic E-state index is 0.148. The highest BCUT2D eigenvalue weighted by Gasteiger charge is 2.28. The summed E-state index contributed by atoms with van der Waals surface area (Å²) in [7, 11) is 0. The minimum atomic E-state index is -0.377. The molecule has 1 saturated heterocycles. The molecule has 0 spiro atoms. The first-order chi connectivity index (χ1) is 17.0. The lowest BCUT2D eigenvalue weighted by Crippen LogP contribution is -2.43. The van der Waals surface area contributed by atoms with Gasteiger partial charge in [-0.15, -0.1) is 0 Å². The fourth-order valence-electron chi connectivity index (χ4n) is 4.51. The van der Waals surface area contributed by atoms with Crippen LogP contribution in [0, 0.1) is 11.7 Å². The van der Waals surface area contributed by atoms with Crippen molar-refractivity contribution >= 4 is 12.0 Å². The summed E-state index contributed by atoms with van der Waals surface area (Å²) in [5, 5.41) is 2.99. The van der Waals surface area contributed by atoms with Crippen molar-refractivity contribution in [2.45, 2.75) is 39.3 Å². The lowest BCUT2D eigenvalue weighted by atomic mass is 9.99. The number of anilines is 1. The maximum atomic E-state index is 13.8. The van der Waals surface area contributed by atoms with Gasteiger partial charge in [-0.2, -0.15) is 4.98 Å². The second-order valence-corrected chi connectivity index (χ2v) is 9.30. The number of carbonyl (C=O) groups excluding carboxylic acids is 1. The highest BCUT2D eigenvalue weighted by molar-refractivity contribution is 5.74. The zero-order valence-electron chi connectivity index (χ0n) is 19.9. The summed E-state index contributed by atoms with van der Waals surface area (Å²) in [6.45, 7) is 5.40. The molecule has 0 unspecified atom stereocenters. The number of amides is 2. The van der Waals surface area contributed by atoms with Gasteiger partial charge in [-0.25, -0.2) is 14.2 Å². The fraction of sp³-hybridized carbons (Fsp3) is 0.370. The van der Waals surface area contributed by atoms with E-state index in [2.05, 4.69) is 17.1 Å². The Labute approximate surface area is 204 Å². The van der Waals surface area contributed by atoms with Crippen molar-refractivity contribution in [3.8, 4) is 11.6 Å². The molecule has 3 heterocycles. The van der Waals surface area contributed by atoms with Crippen molar-refractivity contribution in [3.05, 3.63) is 77.2 Å². The number of carbonyl (C=O) groups is 1. The number of urea groups is 1. The van der Waals surface area contributed by atoms with Gasteiger partial charge in [-0.05, 0) is 36.5 Å². The largest absolute Gasteiger partial charge is 0.438 e. The molecule has 0 atom stereocenters. The maximum absolute atomic E-state index is 13.8. The highest BCUT2D eigenvalue weighted by atomic mass is 19.1. The molecule has 8 heteroatoms. The Bertz CT molecular complexity index is 1180. The first kappa shape index (κ1) is 23.1. The Balaban J connectivity index is 1.38. The third-order valence-corrected chi connectivity index (χ3v) is 6.66. The summed E-state index contributed by atoms with van der Waals surface area (Å²) in [5.74, 6) is 1.71. The van der Waals surface area contributed by atoms with Crippen LogP contribution in [0.1, 0.15) is 36.6 Å². The molecule has 182 valence electrons. The molecule has 7 nitrogen and oxygen atoms in total. The molecular formula is C27H30FN5O2. The van der Waals surface area contributed by atoms with Crippen molar-refractivity contribution in [1.29, 1.82) is 0 Å². The van der Waals surface area contributed by atoms with Crippen LogP contribution in [0.15, 0.2) is 54.6 Å². The molecule has 0 aliphatic carbocycles. The van der Waals surface area contributed by atoms with Gasteiger partial charge < -0.3 is 19.9 Å². The van der Waals surface area contributed by atoms with E-state index in [0.717, 1.165) is 42.8 Å². The van der Waals surface area contributed by atoms with Crippen molar-refractivity contribution in [2.75, 3.05) is 24.5 Å². The SMILES string of the molecule is CC1CCN(c2nc3c(c(Oc4cccc(F)c4)n2)CN(C(=O)NCc2ccccc2)CC3)CC1. The number of fused-ring (bicyclic) bond motifs is 1. The van der Waals surface area contributed by atoms with Gasteiger partial charge in [0.15, 0.2) is 0 Å². The number of hydrogen-bond donors (Lipinski definition) is 1. The van der Waals surface area contributed by atoms with Crippen molar-refractivity contribution in [1.82, 2.24) is 20.2 Å². The highest BCUT2D eigenvalue weighted by Crippen LogP contribution is 2.32. The molecule has 35 heavy (non-hydrogen) atoms. The number of ether oxygens (including phenoxy) is 1. The third kappa shape index (κ3) is 5.53. The predicted molar refractivity (Wildman–Crippen MR) is 132 cm³/mol. The van der Waals surface area contributed by atoms with Gasteiger partial charge in [-0.1, -0.05) is 43.3 Å². The molecule has 0 radical (unpaired) electrons. The Morgan fingerprint density at radius 1 is 1.09 bits per heavy atom. The minimum Gasteiger partial charge on any atom is -0.438 e. The van der Waals surface area contributed by atoms with Crippen molar-refractivity contribution in [2.24, 2.45) is 5.92 Å². The fourth-order valence-corrected chi connectivity index (χ4v) is 4.51. The van der Waals surface area contributed by atoms with Crippen LogP contribution in [0.25, 0.3) is 0 Å². The normalized spacial score (nSPS) is 16.1. The number of piperidine rings is 1. The van der Waals surface area contributed by atoms with E-state index in [0.29, 0.717) is 49.6 Å². The summed E-state index contributed by atoms with van der Waals surface area (Å²) in [6, 6.07) is 15.7. The zero-order chi connectivity index (χ0) is 24.2. The number of nitrogens with one attached hydrogen (secondary N) is 1. The first-order valence-electron chi connectivity index (χ1n) is 12.2. The third-order valence-electron chi connectivity index (χ3n) is 6.66. The van der Waals surface area contributed by atoms with Crippen LogP contribution in [0.2, 0.25) is 0 Å². The molecule has 3 aromatic rings. The van der Waals surface area contributed by atoms with Gasteiger partial charge in [0, 0.05) is 38.7 Å². The monoisotopic (exact) mass is 475 g/mol. The van der Waals surface area contributed by atoms with Crippen LogP contribution in [0.4, 0.5) is 15.1 Å². The van der Waals surface area contributed by atoms with E-state index < -0.39 is 0 Å². The molecule has 2 aliphatic rings. The van der Waals surface area contributed by atoms with Crippen LogP contribution >= 0.6 is 0 Å². The zero-order valence-corrected chi connectivity index (χ0v) is 19.9. The van der Waals surface area contributed by atoms with Crippen LogP contribution < -0.4 is 15.0 Å². The standard InChI is InChI=1S/C27H30FN5O2/c1-19-10-13-32(14-11-19)26-30-24-12-15-33(27(34)29-17-20-6-3-2-4-7-20)18-23(24)25(31-26)35-22-9-5-8-21(28)16-22/h2-9,16,19H,10-15,17-18H2,1H3,(H,29,34). The summed E-state index contributed by atoms with van der Waals surface area (Å²) in [4.78, 5) is 26.5. The van der Waals surface area contributed by atoms with E-state index in [9.17, 15) is 9.18 Å². The van der Waals surface area contributed by atoms with E-state index in [1.807, 2.05) is 30.3 Å². The quantitative estimate of drug-likeness (QED) is 0.568. The number of halogens is 1. The predicted octanol–water partition coefficient (Wildman–Crippen LogP) is 4.91. The van der Waals surface area contributed by atoms with Gasteiger partial charge >= 0.3 is 6.03 Å².